The topological polar surface area (TPSA) is 41.6 Å². The van der Waals surface area contributed by atoms with Gasteiger partial charge in [-0.25, -0.2) is 4.98 Å². The second-order valence-corrected chi connectivity index (χ2v) is 5.29. The number of imidazole rings is 1. The van der Waals surface area contributed by atoms with E-state index in [4.69, 9.17) is 10.2 Å². The van der Waals surface area contributed by atoms with Crippen LogP contribution in [0.25, 0.3) is 0 Å². The molecule has 17 heavy (non-hydrogen) atoms. The fourth-order valence-electron chi connectivity index (χ4n) is 3.36. The maximum absolute atomic E-state index is 8.90. The molecule has 0 saturated heterocycles. The average molecular weight is 229 g/mol. The molecule has 3 rings (SSSR count). The molecule has 3 nitrogen and oxygen atoms in total. The Balaban J connectivity index is 1.99. The lowest BCUT2D eigenvalue weighted by Gasteiger charge is -2.19. The molecule has 1 aliphatic carbocycles. The summed E-state index contributed by atoms with van der Waals surface area (Å²) in [5.74, 6) is 1.96. The van der Waals surface area contributed by atoms with Crippen LogP contribution in [0, 0.1) is 11.3 Å². The maximum atomic E-state index is 8.90. The Labute approximate surface area is 102 Å². The SMILES string of the molecule is N#CCc1nc(C2CCCC2)n2c1CCCC2. The first-order valence-corrected chi connectivity index (χ1v) is 6.85. The van der Waals surface area contributed by atoms with Gasteiger partial charge in [-0.2, -0.15) is 5.26 Å². The van der Waals surface area contributed by atoms with Crippen LogP contribution in [0.15, 0.2) is 0 Å². The van der Waals surface area contributed by atoms with Crippen LogP contribution in [0.4, 0.5) is 0 Å². The van der Waals surface area contributed by atoms with Crippen molar-refractivity contribution in [2.45, 2.75) is 63.8 Å². The van der Waals surface area contributed by atoms with Gasteiger partial charge in [0.1, 0.15) is 5.82 Å². The van der Waals surface area contributed by atoms with Crippen molar-refractivity contribution in [3.8, 4) is 6.07 Å². The molecule has 0 aromatic carbocycles. The Morgan fingerprint density at radius 2 is 2.06 bits per heavy atom. The van der Waals surface area contributed by atoms with Gasteiger partial charge in [0.05, 0.1) is 18.2 Å². The summed E-state index contributed by atoms with van der Waals surface area (Å²) in [4.78, 5) is 4.80. The van der Waals surface area contributed by atoms with E-state index >= 15 is 0 Å². The molecule has 1 aromatic heterocycles. The van der Waals surface area contributed by atoms with Gasteiger partial charge in [0.2, 0.25) is 0 Å². The van der Waals surface area contributed by atoms with Crippen molar-refractivity contribution in [1.82, 2.24) is 9.55 Å². The summed E-state index contributed by atoms with van der Waals surface area (Å²) < 4.78 is 2.44. The molecule has 0 radical (unpaired) electrons. The maximum Gasteiger partial charge on any atom is 0.112 e. The Morgan fingerprint density at radius 1 is 1.24 bits per heavy atom. The van der Waals surface area contributed by atoms with Gasteiger partial charge in [0, 0.05) is 18.2 Å². The second kappa shape index (κ2) is 4.52. The molecule has 1 aliphatic heterocycles. The molecule has 0 atom stereocenters. The quantitative estimate of drug-likeness (QED) is 0.782. The number of rotatable bonds is 2. The van der Waals surface area contributed by atoms with E-state index in [0.717, 1.165) is 18.7 Å². The first kappa shape index (κ1) is 10.8. The fraction of sp³-hybridized carbons (Fsp3) is 0.714. The van der Waals surface area contributed by atoms with Gasteiger partial charge in [-0.15, -0.1) is 0 Å². The van der Waals surface area contributed by atoms with E-state index in [1.54, 1.807) is 0 Å². The predicted molar refractivity (Wildman–Crippen MR) is 65.7 cm³/mol. The lowest BCUT2D eigenvalue weighted by Crippen LogP contribution is -2.14. The molecule has 0 N–H and O–H groups in total. The molecular weight excluding hydrogens is 210 g/mol. The van der Waals surface area contributed by atoms with Crippen LogP contribution in [-0.4, -0.2) is 9.55 Å². The van der Waals surface area contributed by atoms with Gasteiger partial charge >= 0.3 is 0 Å². The van der Waals surface area contributed by atoms with Crippen LogP contribution in [0.5, 0.6) is 0 Å². The van der Waals surface area contributed by atoms with Crippen LogP contribution in [-0.2, 0) is 19.4 Å². The van der Waals surface area contributed by atoms with Crippen molar-refractivity contribution >= 4 is 0 Å². The summed E-state index contributed by atoms with van der Waals surface area (Å²) in [7, 11) is 0. The lowest BCUT2D eigenvalue weighted by atomic mass is 10.1. The summed E-state index contributed by atoms with van der Waals surface area (Å²) in [6.45, 7) is 1.12. The summed E-state index contributed by atoms with van der Waals surface area (Å²) in [6.07, 6.45) is 9.42. The minimum Gasteiger partial charge on any atom is -0.331 e. The van der Waals surface area contributed by atoms with Gasteiger partial charge < -0.3 is 4.57 Å². The van der Waals surface area contributed by atoms with E-state index in [1.165, 1.54) is 50.0 Å². The Bertz CT molecular complexity index is 447. The fourth-order valence-corrected chi connectivity index (χ4v) is 3.36. The molecule has 0 bridgehead atoms. The normalized spacial score (nSPS) is 20.2. The number of fused-ring (bicyclic) bond motifs is 1. The number of nitrogens with zero attached hydrogens (tertiary/aromatic N) is 3. The molecule has 1 fully saturated rings. The molecular formula is C14H19N3. The van der Waals surface area contributed by atoms with Crippen LogP contribution in [0.1, 0.15) is 61.7 Å². The molecule has 90 valence electrons. The molecule has 3 heteroatoms. The van der Waals surface area contributed by atoms with Crippen molar-refractivity contribution < 1.29 is 0 Å². The number of hydrogen-bond donors (Lipinski definition) is 0. The van der Waals surface area contributed by atoms with Crippen molar-refractivity contribution in [2.75, 3.05) is 0 Å². The highest BCUT2D eigenvalue weighted by Gasteiger charge is 2.26. The van der Waals surface area contributed by atoms with Crippen LogP contribution in [0.3, 0.4) is 0 Å². The van der Waals surface area contributed by atoms with E-state index in [9.17, 15) is 0 Å². The monoisotopic (exact) mass is 229 g/mol. The Kier molecular flexibility index (Phi) is 2.88. The van der Waals surface area contributed by atoms with Crippen molar-refractivity contribution in [1.29, 1.82) is 5.26 Å². The molecule has 0 unspecified atom stereocenters. The summed E-state index contributed by atoms with van der Waals surface area (Å²) >= 11 is 0. The molecule has 1 aromatic rings. The van der Waals surface area contributed by atoms with Gasteiger partial charge in [0.25, 0.3) is 0 Å². The van der Waals surface area contributed by atoms with E-state index < -0.39 is 0 Å². The van der Waals surface area contributed by atoms with Crippen LogP contribution >= 0.6 is 0 Å². The lowest BCUT2D eigenvalue weighted by molar-refractivity contribution is 0.492. The largest absolute Gasteiger partial charge is 0.331 e. The molecule has 1 saturated carbocycles. The average Bonchev–Trinajstić information content (AvgIpc) is 2.97. The minimum absolute atomic E-state index is 0.488. The third-order valence-corrected chi connectivity index (χ3v) is 4.20. The number of aromatic nitrogens is 2. The van der Waals surface area contributed by atoms with E-state index in [0.29, 0.717) is 12.3 Å². The molecule has 2 heterocycles. The smallest absolute Gasteiger partial charge is 0.112 e. The summed E-state index contributed by atoms with van der Waals surface area (Å²) in [5.41, 5.74) is 2.42. The Hall–Kier alpha value is -1.30. The second-order valence-electron chi connectivity index (χ2n) is 5.29. The van der Waals surface area contributed by atoms with E-state index in [1.807, 2.05) is 0 Å². The standard InChI is InChI=1S/C14H19N3/c15-9-8-12-13-7-3-4-10-17(13)14(16-12)11-5-1-2-6-11/h11H,1-8,10H2. The third kappa shape index (κ3) is 1.86. The van der Waals surface area contributed by atoms with Crippen LogP contribution in [0.2, 0.25) is 0 Å². The Morgan fingerprint density at radius 3 is 2.82 bits per heavy atom. The third-order valence-electron chi connectivity index (χ3n) is 4.20. The minimum atomic E-state index is 0.488. The van der Waals surface area contributed by atoms with Crippen molar-refractivity contribution in [3.63, 3.8) is 0 Å². The highest BCUT2D eigenvalue weighted by molar-refractivity contribution is 5.24. The number of nitriles is 1. The first-order valence-electron chi connectivity index (χ1n) is 6.85. The van der Waals surface area contributed by atoms with Gasteiger partial charge in [0.15, 0.2) is 0 Å². The van der Waals surface area contributed by atoms with Crippen molar-refractivity contribution in [2.24, 2.45) is 0 Å². The van der Waals surface area contributed by atoms with E-state index in [-0.39, 0.29) is 0 Å². The van der Waals surface area contributed by atoms with Crippen LogP contribution < -0.4 is 0 Å². The zero-order chi connectivity index (χ0) is 11.7. The molecule has 0 amide bonds. The van der Waals surface area contributed by atoms with Gasteiger partial charge in [-0.1, -0.05) is 12.8 Å². The predicted octanol–water partition coefficient (Wildman–Crippen LogP) is 2.94. The zero-order valence-electron chi connectivity index (χ0n) is 10.3. The highest BCUT2D eigenvalue weighted by atomic mass is 15.1. The summed E-state index contributed by atoms with van der Waals surface area (Å²) in [6, 6.07) is 2.26. The molecule has 0 spiro atoms. The van der Waals surface area contributed by atoms with Gasteiger partial charge in [-0.3, -0.25) is 0 Å². The van der Waals surface area contributed by atoms with Gasteiger partial charge in [-0.05, 0) is 32.1 Å². The zero-order valence-corrected chi connectivity index (χ0v) is 10.3. The molecule has 2 aliphatic rings. The number of hydrogen-bond acceptors (Lipinski definition) is 2. The van der Waals surface area contributed by atoms with Crippen molar-refractivity contribution in [3.05, 3.63) is 17.2 Å². The highest BCUT2D eigenvalue weighted by Crippen LogP contribution is 2.36. The summed E-state index contributed by atoms with van der Waals surface area (Å²) in [5, 5.41) is 8.90. The van der Waals surface area contributed by atoms with E-state index in [2.05, 4.69) is 10.6 Å². The first-order chi connectivity index (χ1) is 8.40.